The molecule has 0 fully saturated rings. The molecule has 1 aromatic heterocycles. The highest BCUT2D eigenvalue weighted by atomic mass is 32.1. The van der Waals surface area contributed by atoms with E-state index in [1.165, 1.54) is 11.3 Å². The third-order valence-corrected chi connectivity index (χ3v) is 5.19. The van der Waals surface area contributed by atoms with Crippen LogP contribution in [0.4, 0.5) is 10.8 Å². The van der Waals surface area contributed by atoms with Gasteiger partial charge in [0.05, 0.1) is 22.4 Å². The predicted molar refractivity (Wildman–Crippen MR) is 114 cm³/mol. The SMILES string of the molecule is CCOC(=O)c1ccc(Nc2nc(O)c(C=C3C=c4ccccc4=NC3=O)s2)cc1. The quantitative estimate of drug-likeness (QED) is 0.487. The van der Waals surface area contributed by atoms with Crippen LogP contribution in [0.25, 0.3) is 12.2 Å². The van der Waals surface area contributed by atoms with E-state index in [-0.39, 0.29) is 17.8 Å². The van der Waals surface area contributed by atoms with Crippen molar-refractivity contribution in [3.05, 3.63) is 75.1 Å². The topological polar surface area (TPSA) is 101 Å². The summed E-state index contributed by atoms with van der Waals surface area (Å²) in [5.74, 6) is -0.936. The van der Waals surface area contributed by atoms with E-state index < -0.39 is 0 Å². The normalized spacial score (nSPS) is 13.9. The van der Waals surface area contributed by atoms with Gasteiger partial charge < -0.3 is 15.2 Å². The maximum absolute atomic E-state index is 12.3. The summed E-state index contributed by atoms with van der Waals surface area (Å²) in [6, 6.07) is 14.1. The number of aromatic nitrogens is 1. The van der Waals surface area contributed by atoms with E-state index in [9.17, 15) is 14.7 Å². The van der Waals surface area contributed by atoms with Gasteiger partial charge in [-0.15, -0.1) is 0 Å². The largest absolute Gasteiger partial charge is 0.492 e. The Kier molecular flexibility index (Phi) is 5.40. The van der Waals surface area contributed by atoms with Crippen molar-refractivity contribution in [3.63, 3.8) is 0 Å². The minimum Gasteiger partial charge on any atom is -0.492 e. The molecule has 30 heavy (non-hydrogen) atoms. The molecule has 3 aromatic rings. The number of rotatable bonds is 5. The summed E-state index contributed by atoms with van der Waals surface area (Å²) in [7, 11) is 0. The number of thiazole rings is 1. The summed E-state index contributed by atoms with van der Waals surface area (Å²) in [5, 5.41) is 15.2. The predicted octanol–water partition coefficient (Wildman–Crippen LogP) is 2.79. The van der Waals surface area contributed by atoms with E-state index >= 15 is 0 Å². The van der Waals surface area contributed by atoms with Gasteiger partial charge in [0.15, 0.2) is 5.13 Å². The smallest absolute Gasteiger partial charge is 0.338 e. The second kappa shape index (κ2) is 8.30. The van der Waals surface area contributed by atoms with E-state index in [0.29, 0.717) is 38.8 Å². The van der Waals surface area contributed by atoms with Crippen LogP contribution >= 0.6 is 11.3 Å². The van der Waals surface area contributed by atoms with Crippen molar-refractivity contribution in [1.29, 1.82) is 0 Å². The lowest BCUT2D eigenvalue weighted by Gasteiger charge is -2.04. The van der Waals surface area contributed by atoms with Gasteiger partial charge in [0.2, 0.25) is 5.88 Å². The van der Waals surface area contributed by atoms with Gasteiger partial charge in [0, 0.05) is 16.5 Å². The number of carbonyl (C=O) groups is 2. The Hall–Kier alpha value is -3.78. The van der Waals surface area contributed by atoms with Crippen LogP contribution in [0, 0.1) is 0 Å². The van der Waals surface area contributed by atoms with Gasteiger partial charge in [-0.25, -0.2) is 9.79 Å². The molecule has 0 unspecified atom stereocenters. The van der Waals surface area contributed by atoms with Crippen LogP contribution in [0.1, 0.15) is 22.2 Å². The molecule has 2 aromatic carbocycles. The number of benzene rings is 2. The second-order valence-corrected chi connectivity index (χ2v) is 7.38. The first kappa shape index (κ1) is 19.5. The molecule has 2 N–H and O–H groups in total. The van der Waals surface area contributed by atoms with Gasteiger partial charge in [-0.2, -0.15) is 4.98 Å². The van der Waals surface area contributed by atoms with Crippen LogP contribution in [0.5, 0.6) is 5.88 Å². The first-order valence-electron chi connectivity index (χ1n) is 9.19. The summed E-state index contributed by atoms with van der Waals surface area (Å²) in [6.45, 7) is 2.06. The zero-order valence-corrected chi connectivity index (χ0v) is 16.8. The van der Waals surface area contributed by atoms with Gasteiger partial charge in [0.25, 0.3) is 5.91 Å². The number of nitrogens with zero attached hydrogens (tertiary/aromatic N) is 2. The van der Waals surface area contributed by atoms with Crippen LogP contribution in [-0.4, -0.2) is 28.6 Å². The molecule has 8 heteroatoms. The van der Waals surface area contributed by atoms with Crippen LogP contribution in [0.3, 0.4) is 0 Å². The van der Waals surface area contributed by atoms with Crippen molar-refractivity contribution < 1.29 is 19.4 Å². The first-order chi connectivity index (χ1) is 14.5. The lowest BCUT2D eigenvalue weighted by Crippen LogP contribution is -2.29. The molecular weight excluding hydrogens is 402 g/mol. The molecule has 0 atom stereocenters. The summed E-state index contributed by atoms with van der Waals surface area (Å²) in [4.78, 5) is 32.6. The summed E-state index contributed by atoms with van der Waals surface area (Å²) < 4.78 is 4.96. The molecule has 0 spiro atoms. The lowest BCUT2D eigenvalue weighted by molar-refractivity contribution is -0.114. The monoisotopic (exact) mass is 419 g/mol. The summed E-state index contributed by atoms with van der Waals surface area (Å²) in [6.07, 6.45) is 3.31. The zero-order valence-electron chi connectivity index (χ0n) is 16.0. The molecule has 7 nitrogen and oxygen atoms in total. The van der Waals surface area contributed by atoms with Crippen molar-refractivity contribution >= 4 is 46.2 Å². The molecule has 0 radical (unpaired) electrons. The van der Waals surface area contributed by atoms with Crippen LogP contribution in [-0.2, 0) is 9.53 Å². The Bertz CT molecular complexity index is 1280. The number of esters is 1. The Balaban J connectivity index is 1.55. The minimum atomic E-state index is -0.384. The molecule has 150 valence electrons. The van der Waals surface area contributed by atoms with Gasteiger partial charge in [0.1, 0.15) is 0 Å². The number of carbonyl (C=O) groups excluding carboxylic acids is 2. The first-order valence-corrected chi connectivity index (χ1v) is 10.0. The van der Waals surface area contributed by atoms with Gasteiger partial charge >= 0.3 is 5.97 Å². The number of fused-ring (bicyclic) bond motifs is 1. The minimum absolute atomic E-state index is 0.182. The number of amides is 1. The third kappa shape index (κ3) is 4.13. The average molecular weight is 419 g/mol. The third-order valence-electron chi connectivity index (χ3n) is 4.29. The fourth-order valence-corrected chi connectivity index (χ4v) is 3.69. The summed E-state index contributed by atoms with van der Waals surface area (Å²) in [5.41, 5.74) is 1.52. The van der Waals surface area contributed by atoms with Crippen molar-refractivity contribution in [3.8, 4) is 5.88 Å². The molecular formula is C22H17N3O4S. The van der Waals surface area contributed by atoms with E-state index in [1.54, 1.807) is 49.4 Å². The second-order valence-electron chi connectivity index (χ2n) is 6.35. The maximum Gasteiger partial charge on any atom is 0.338 e. The Morgan fingerprint density at radius 3 is 2.73 bits per heavy atom. The highest BCUT2D eigenvalue weighted by Crippen LogP contribution is 2.32. The van der Waals surface area contributed by atoms with E-state index in [2.05, 4.69) is 15.3 Å². The Morgan fingerprint density at radius 1 is 1.20 bits per heavy atom. The standard InChI is InChI=1S/C22H17N3O4S/c1-2-29-21(28)13-7-9-16(10-8-13)23-22-25-20(27)18(30-22)12-15-11-14-5-3-4-6-17(14)24-19(15)26/h3-12,27H,2H2,1H3,(H,23,25). The van der Waals surface area contributed by atoms with Gasteiger partial charge in [-0.3, -0.25) is 4.79 Å². The lowest BCUT2D eigenvalue weighted by atomic mass is 10.1. The van der Waals surface area contributed by atoms with Gasteiger partial charge in [-0.05, 0) is 49.4 Å². The number of anilines is 2. The van der Waals surface area contributed by atoms with E-state index in [0.717, 1.165) is 5.22 Å². The fraction of sp³-hybridized carbons (Fsp3) is 0.0909. The highest BCUT2D eigenvalue weighted by molar-refractivity contribution is 7.16. The molecule has 1 amide bonds. The molecule has 0 saturated carbocycles. The van der Waals surface area contributed by atoms with Gasteiger partial charge in [-0.1, -0.05) is 29.5 Å². The highest BCUT2D eigenvalue weighted by Gasteiger charge is 2.15. The zero-order chi connectivity index (χ0) is 21.1. The summed E-state index contributed by atoms with van der Waals surface area (Å²) >= 11 is 1.20. The van der Waals surface area contributed by atoms with Crippen molar-refractivity contribution in [1.82, 2.24) is 4.98 Å². The maximum atomic E-state index is 12.3. The van der Waals surface area contributed by atoms with E-state index in [1.807, 2.05) is 18.2 Å². The van der Waals surface area contributed by atoms with Crippen LogP contribution < -0.4 is 15.9 Å². The number of nitrogens with one attached hydrogen (secondary N) is 1. The number of hydrogen-bond acceptors (Lipinski definition) is 7. The van der Waals surface area contributed by atoms with Crippen molar-refractivity contribution in [2.75, 3.05) is 11.9 Å². The fourth-order valence-electron chi connectivity index (χ4n) is 2.86. The van der Waals surface area contributed by atoms with E-state index in [4.69, 9.17) is 4.74 Å². The molecule has 2 heterocycles. The molecule has 0 saturated heterocycles. The Morgan fingerprint density at radius 2 is 1.97 bits per heavy atom. The number of para-hydroxylation sites is 1. The van der Waals surface area contributed by atoms with Crippen LogP contribution in [0.15, 0.2) is 59.1 Å². The average Bonchev–Trinajstić information content (AvgIpc) is 3.08. The molecule has 4 rings (SSSR count). The van der Waals surface area contributed by atoms with Crippen molar-refractivity contribution in [2.24, 2.45) is 4.99 Å². The number of aromatic hydroxyl groups is 1. The molecule has 1 aliphatic rings. The number of hydrogen-bond donors (Lipinski definition) is 2. The number of ether oxygens (including phenoxy) is 1. The molecule has 1 aliphatic heterocycles. The van der Waals surface area contributed by atoms with Crippen molar-refractivity contribution in [2.45, 2.75) is 6.92 Å². The molecule has 0 aliphatic carbocycles. The van der Waals surface area contributed by atoms with Crippen LogP contribution in [0.2, 0.25) is 0 Å². The molecule has 0 bridgehead atoms. The Labute approximate surface area is 175 Å².